The zero-order valence-corrected chi connectivity index (χ0v) is 9.86. The third-order valence-electron chi connectivity index (χ3n) is 2.07. The number of esters is 1. The fraction of sp³-hybridized carbons (Fsp3) is 0.727. The lowest BCUT2D eigenvalue weighted by atomic mass is 10.0. The largest absolute Gasteiger partial charge is 0.481 e. The predicted molar refractivity (Wildman–Crippen MR) is 56.9 cm³/mol. The van der Waals surface area contributed by atoms with Gasteiger partial charge in [-0.15, -0.1) is 0 Å². The van der Waals surface area contributed by atoms with Gasteiger partial charge in [-0.2, -0.15) is 0 Å². The van der Waals surface area contributed by atoms with E-state index in [2.05, 4.69) is 0 Å². The van der Waals surface area contributed by atoms with Gasteiger partial charge in [0.25, 0.3) is 0 Å². The Morgan fingerprint density at radius 1 is 1.19 bits per heavy atom. The Kier molecular flexibility index (Phi) is 6.37. The van der Waals surface area contributed by atoms with Crippen LogP contribution in [0, 0.1) is 5.92 Å². The maximum absolute atomic E-state index is 11.6. The number of aliphatic carboxylic acids is 1. The van der Waals surface area contributed by atoms with Crippen LogP contribution in [0.1, 0.15) is 40.0 Å². The number of rotatable bonds is 7. The number of hydrogen-bond acceptors (Lipinski definition) is 4. The fourth-order valence-electron chi connectivity index (χ4n) is 1.14. The molecular weight excluding hydrogens is 212 g/mol. The number of carboxylic acids is 1. The maximum Gasteiger partial charge on any atom is 0.307 e. The van der Waals surface area contributed by atoms with Crippen molar-refractivity contribution in [1.82, 2.24) is 0 Å². The number of hydrogen-bond donors (Lipinski definition) is 1. The van der Waals surface area contributed by atoms with Gasteiger partial charge in [-0.05, 0) is 6.42 Å². The molecular formula is C11H18O5. The van der Waals surface area contributed by atoms with Gasteiger partial charge in [-0.1, -0.05) is 20.8 Å². The highest BCUT2D eigenvalue weighted by Crippen LogP contribution is 2.09. The van der Waals surface area contributed by atoms with E-state index in [4.69, 9.17) is 9.84 Å². The molecule has 16 heavy (non-hydrogen) atoms. The molecule has 0 heterocycles. The van der Waals surface area contributed by atoms with Gasteiger partial charge < -0.3 is 9.84 Å². The number of carbonyl (C=O) groups excluding carboxylic acids is 2. The zero-order valence-electron chi connectivity index (χ0n) is 9.86. The van der Waals surface area contributed by atoms with E-state index >= 15 is 0 Å². The molecule has 0 rings (SSSR count). The molecule has 0 aromatic rings. The summed E-state index contributed by atoms with van der Waals surface area (Å²) in [4.78, 5) is 33.0. The van der Waals surface area contributed by atoms with Crippen LogP contribution in [-0.4, -0.2) is 28.9 Å². The minimum Gasteiger partial charge on any atom is -0.481 e. The van der Waals surface area contributed by atoms with E-state index in [1.54, 1.807) is 20.8 Å². The van der Waals surface area contributed by atoms with Gasteiger partial charge in [-0.25, -0.2) is 0 Å². The third kappa shape index (κ3) is 5.48. The molecule has 1 atom stereocenters. The van der Waals surface area contributed by atoms with Crippen LogP contribution in [0.4, 0.5) is 0 Å². The van der Waals surface area contributed by atoms with Gasteiger partial charge >= 0.3 is 11.9 Å². The van der Waals surface area contributed by atoms with Crippen LogP contribution in [0.2, 0.25) is 0 Å². The summed E-state index contributed by atoms with van der Waals surface area (Å²) in [6.07, 6.45) is -0.806. The van der Waals surface area contributed by atoms with Gasteiger partial charge in [0, 0.05) is 5.92 Å². The van der Waals surface area contributed by atoms with Crippen molar-refractivity contribution in [2.45, 2.75) is 46.1 Å². The fourth-order valence-corrected chi connectivity index (χ4v) is 1.14. The van der Waals surface area contributed by atoms with E-state index in [9.17, 15) is 14.4 Å². The molecule has 5 heteroatoms. The van der Waals surface area contributed by atoms with Crippen molar-refractivity contribution in [3.8, 4) is 0 Å². The van der Waals surface area contributed by atoms with Crippen molar-refractivity contribution in [3.05, 3.63) is 0 Å². The first kappa shape index (κ1) is 14.6. The Morgan fingerprint density at radius 2 is 1.75 bits per heavy atom. The van der Waals surface area contributed by atoms with E-state index in [0.717, 1.165) is 0 Å². The molecule has 0 aromatic carbocycles. The Bertz CT molecular complexity index is 270. The normalized spacial score (nSPS) is 12.2. The van der Waals surface area contributed by atoms with Crippen molar-refractivity contribution >= 4 is 17.7 Å². The molecule has 0 radical (unpaired) electrons. The van der Waals surface area contributed by atoms with Crippen LogP contribution in [-0.2, 0) is 19.1 Å². The quantitative estimate of drug-likeness (QED) is 0.668. The number of carboxylic acid groups (broad SMARTS) is 1. The van der Waals surface area contributed by atoms with Gasteiger partial charge in [0.2, 0.25) is 0 Å². The minimum atomic E-state index is -1.06. The maximum atomic E-state index is 11.6. The van der Waals surface area contributed by atoms with Crippen molar-refractivity contribution in [3.63, 3.8) is 0 Å². The second kappa shape index (κ2) is 6.98. The van der Waals surface area contributed by atoms with E-state index in [1.165, 1.54) is 0 Å². The molecule has 0 bridgehead atoms. The van der Waals surface area contributed by atoms with Gasteiger partial charge in [0.15, 0.2) is 11.9 Å². The first-order valence-corrected chi connectivity index (χ1v) is 5.33. The van der Waals surface area contributed by atoms with Gasteiger partial charge in [-0.3, -0.25) is 14.4 Å². The Balaban J connectivity index is 4.17. The van der Waals surface area contributed by atoms with Crippen molar-refractivity contribution in [2.24, 2.45) is 5.92 Å². The Morgan fingerprint density at radius 3 is 2.12 bits per heavy atom. The average Bonchev–Trinajstić information content (AvgIpc) is 2.21. The summed E-state index contributed by atoms with van der Waals surface area (Å²) in [5.41, 5.74) is 0. The summed E-state index contributed by atoms with van der Waals surface area (Å²) < 4.78 is 4.92. The van der Waals surface area contributed by atoms with Crippen molar-refractivity contribution in [2.75, 3.05) is 0 Å². The highest BCUT2D eigenvalue weighted by Gasteiger charge is 2.23. The van der Waals surface area contributed by atoms with Crippen LogP contribution in [0.25, 0.3) is 0 Å². The summed E-state index contributed by atoms with van der Waals surface area (Å²) in [6.45, 7) is 5.21. The SMILES string of the molecule is CCC(OC(=O)CCC(=O)O)C(=O)C(C)C. The highest BCUT2D eigenvalue weighted by molar-refractivity contribution is 5.87. The third-order valence-corrected chi connectivity index (χ3v) is 2.07. The summed E-state index contributed by atoms with van der Waals surface area (Å²) in [5.74, 6) is -2.02. The molecule has 0 amide bonds. The number of Topliss-reactive ketones (excluding diaryl/α,β-unsaturated/α-hetero) is 1. The molecule has 1 N–H and O–H groups in total. The van der Waals surface area contributed by atoms with Gasteiger partial charge in [0.05, 0.1) is 12.8 Å². The lowest BCUT2D eigenvalue weighted by molar-refractivity contribution is -0.157. The summed E-state index contributed by atoms with van der Waals surface area (Å²) >= 11 is 0. The van der Waals surface area contributed by atoms with E-state index in [-0.39, 0.29) is 24.5 Å². The van der Waals surface area contributed by atoms with Crippen LogP contribution >= 0.6 is 0 Å². The Labute approximate surface area is 94.8 Å². The molecule has 0 saturated carbocycles. The molecule has 0 aliphatic carbocycles. The summed E-state index contributed by atoms with van der Waals surface area (Å²) in [7, 11) is 0. The lowest BCUT2D eigenvalue weighted by Crippen LogP contribution is -2.30. The molecule has 92 valence electrons. The zero-order chi connectivity index (χ0) is 12.7. The number of ketones is 1. The highest BCUT2D eigenvalue weighted by atomic mass is 16.5. The smallest absolute Gasteiger partial charge is 0.307 e. The standard InChI is InChI=1S/C11H18O5/c1-4-8(11(15)7(2)3)16-10(14)6-5-9(12)13/h7-8H,4-6H2,1-3H3,(H,12,13). The molecule has 0 aromatic heterocycles. The van der Waals surface area contributed by atoms with Crippen LogP contribution in [0.3, 0.4) is 0 Å². The van der Waals surface area contributed by atoms with E-state index in [0.29, 0.717) is 6.42 Å². The molecule has 1 unspecified atom stereocenters. The second-order valence-corrected chi connectivity index (χ2v) is 3.84. The molecule has 0 spiro atoms. The Hall–Kier alpha value is -1.39. The first-order chi connectivity index (χ1) is 7.38. The van der Waals surface area contributed by atoms with Crippen LogP contribution in [0.5, 0.6) is 0 Å². The summed E-state index contributed by atoms with van der Waals surface area (Å²) in [6, 6.07) is 0. The van der Waals surface area contributed by atoms with Crippen molar-refractivity contribution < 1.29 is 24.2 Å². The van der Waals surface area contributed by atoms with Crippen LogP contribution in [0.15, 0.2) is 0 Å². The number of ether oxygens (including phenoxy) is 1. The average molecular weight is 230 g/mol. The monoisotopic (exact) mass is 230 g/mol. The molecule has 0 saturated heterocycles. The molecule has 0 fully saturated rings. The molecule has 0 aliphatic heterocycles. The second-order valence-electron chi connectivity index (χ2n) is 3.84. The summed E-state index contributed by atoms with van der Waals surface area (Å²) in [5, 5.41) is 8.38. The topological polar surface area (TPSA) is 80.7 Å². The van der Waals surface area contributed by atoms with Crippen molar-refractivity contribution in [1.29, 1.82) is 0 Å². The predicted octanol–water partition coefficient (Wildman–Crippen LogP) is 1.40. The molecule has 0 aliphatic rings. The lowest BCUT2D eigenvalue weighted by Gasteiger charge is -2.16. The van der Waals surface area contributed by atoms with Gasteiger partial charge in [0.1, 0.15) is 0 Å². The van der Waals surface area contributed by atoms with Crippen LogP contribution < -0.4 is 0 Å². The van der Waals surface area contributed by atoms with E-state index in [1.807, 2.05) is 0 Å². The first-order valence-electron chi connectivity index (χ1n) is 5.33. The van der Waals surface area contributed by atoms with E-state index < -0.39 is 18.0 Å². The molecule has 5 nitrogen and oxygen atoms in total. The minimum absolute atomic E-state index is 0.133. The number of carbonyl (C=O) groups is 3.